The highest BCUT2D eigenvalue weighted by Crippen LogP contribution is 2.59. The van der Waals surface area contributed by atoms with Crippen LogP contribution < -0.4 is 0 Å². The Kier molecular flexibility index (Phi) is 5.63. The zero-order valence-corrected chi connectivity index (χ0v) is 15.9. The lowest BCUT2D eigenvalue weighted by atomic mass is 9.61. The van der Waals surface area contributed by atoms with Gasteiger partial charge in [-0.3, -0.25) is 0 Å². The van der Waals surface area contributed by atoms with Crippen molar-refractivity contribution in [3.05, 3.63) is 10.6 Å². The van der Waals surface area contributed by atoms with E-state index >= 15 is 0 Å². The van der Waals surface area contributed by atoms with Crippen molar-refractivity contribution < 1.29 is 5.11 Å². The van der Waals surface area contributed by atoms with Crippen molar-refractivity contribution in [3.63, 3.8) is 0 Å². The van der Waals surface area contributed by atoms with E-state index in [9.17, 15) is 5.11 Å². The van der Waals surface area contributed by atoms with Crippen molar-refractivity contribution in [2.75, 3.05) is 0 Å². The van der Waals surface area contributed by atoms with Crippen LogP contribution in [-0.2, 0) is 0 Å². The van der Waals surface area contributed by atoms with E-state index in [1.54, 1.807) is 5.57 Å². The molecule has 2 heteroatoms. The molecule has 0 saturated heterocycles. The first-order chi connectivity index (χ1) is 9.78. The summed E-state index contributed by atoms with van der Waals surface area (Å²) in [5.41, 5.74) is 1.68. The van der Waals surface area contributed by atoms with Crippen LogP contribution in [-0.4, -0.2) is 10.7 Å². The van der Waals surface area contributed by atoms with E-state index in [2.05, 4.69) is 34.8 Å². The third kappa shape index (κ3) is 3.93. The molecule has 1 nitrogen and oxygen atoms in total. The van der Waals surface area contributed by atoms with Gasteiger partial charge in [-0.15, -0.1) is 0 Å². The SMILES string of the molecule is C[C@@H](CCCC(C)(C)O)[C@H]1CCC2/C(=C\Br)CCC[C@@]21C. The molecule has 0 aromatic heterocycles. The van der Waals surface area contributed by atoms with E-state index in [0.717, 1.165) is 30.6 Å². The molecule has 0 aliphatic heterocycles. The van der Waals surface area contributed by atoms with Gasteiger partial charge in [-0.2, -0.15) is 0 Å². The number of rotatable bonds is 5. The highest BCUT2D eigenvalue weighted by Gasteiger charge is 2.50. The number of aliphatic hydroxyl groups is 1. The van der Waals surface area contributed by atoms with Crippen LogP contribution in [0, 0.1) is 23.2 Å². The van der Waals surface area contributed by atoms with Crippen LogP contribution in [0.3, 0.4) is 0 Å². The molecule has 1 unspecified atom stereocenters. The van der Waals surface area contributed by atoms with Crippen molar-refractivity contribution in [3.8, 4) is 0 Å². The minimum atomic E-state index is -0.501. The van der Waals surface area contributed by atoms with Gasteiger partial charge in [0.1, 0.15) is 0 Å². The van der Waals surface area contributed by atoms with E-state index in [0.29, 0.717) is 5.41 Å². The van der Waals surface area contributed by atoms with Crippen LogP contribution in [0.2, 0.25) is 0 Å². The van der Waals surface area contributed by atoms with Gasteiger partial charge in [0.25, 0.3) is 0 Å². The second kappa shape index (κ2) is 6.74. The molecule has 2 fully saturated rings. The Morgan fingerprint density at radius 1 is 1.43 bits per heavy atom. The summed E-state index contributed by atoms with van der Waals surface area (Å²) in [5, 5.41) is 9.89. The molecule has 2 saturated carbocycles. The summed E-state index contributed by atoms with van der Waals surface area (Å²) in [6.45, 7) is 8.86. The molecule has 0 aromatic carbocycles. The highest BCUT2D eigenvalue weighted by atomic mass is 79.9. The van der Waals surface area contributed by atoms with E-state index in [4.69, 9.17) is 0 Å². The Morgan fingerprint density at radius 3 is 2.76 bits per heavy atom. The molecule has 0 aromatic rings. The van der Waals surface area contributed by atoms with Crippen LogP contribution in [0.1, 0.15) is 79.1 Å². The molecule has 0 radical (unpaired) electrons. The standard InChI is InChI=1S/C19H33BrO/c1-14(7-5-11-18(2,3)21)16-9-10-17-15(13-20)8-6-12-19(16,17)4/h13-14,16-17,21H,5-12H2,1-4H3/b15-13-/t14-,16+,17?,19+/m0/s1. The lowest BCUT2D eigenvalue weighted by molar-refractivity contribution is 0.0597. The third-order valence-electron chi connectivity index (χ3n) is 6.31. The van der Waals surface area contributed by atoms with Gasteiger partial charge in [-0.05, 0) is 80.5 Å². The fourth-order valence-electron chi connectivity index (χ4n) is 5.20. The molecular formula is C19H33BrO. The average molecular weight is 357 g/mol. The third-order valence-corrected chi connectivity index (χ3v) is 6.90. The Morgan fingerprint density at radius 2 is 2.14 bits per heavy atom. The number of allylic oxidation sites excluding steroid dienone is 1. The van der Waals surface area contributed by atoms with Gasteiger partial charge in [0.2, 0.25) is 0 Å². The molecule has 0 spiro atoms. The van der Waals surface area contributed by atoms with Crippen LogP contribution >= 0.6 is 15.9 Å². The van der Waals surface area contributed by atoms with Gasteiger partial charge in [0.05, 0.1) is 5.60 Å². The summed E-state index contributed by atoms with van der Waals surface area (Å²) in [7, 11) is 0. The maximum Gasteiger partial charge on any atom is 0.0591 e. The average Bonchev–Trinajstić information content (AvgIpc) is 2.73. The smallest absolute Gasteiger partial charge is 0.0591 e. The molecule has 122 valence electrons. The van der Waals surface area contributed by atoms with E-state index in [1.807, 2.05) is 13.8 Å². The van der Waals surface area contributed by atoms with E-state index < -0.39 is 5.60 Å². The normalized spacial score (nSPS) is 36.8. The van der Waals surface area contributed by atoms with Crippen molar-refractivity contribution in [2.45, 2.75) is 84.7 Å². The first-order valence-electron chi connectivity index (χ1n) is 8.79. The summed E-state index contributed by atoms with van der Waals surface area (Å²) >= 11 is 3.60. The zero-order chi connectivity index (χ0) is 15.7. The molecule has 2 aliphatic carbocycles. The predicted molar refractivity (Wildman–Crippen MR) is 94.5 cm³/mol. The molecule has 2 aliphatic rings. The van der Waals surface area contributed by atoms with Gasteiger partial charge >= 0.3 is 0 Å². The Hall–Kier alpha value is 0.180. The van der Waals surface area contributed by atoms with Gasteiger partial charge in [-0.1, -0.05) is 48.2 Å². The molecule has 4 atom stereocenters. The zero-order valence-electron chi connectivity index (χ0n) is 14.3. The van der Waals surface area contributed by atoms with Gasteiger partial charge in [-0.25, -0.2) is 0 Å². The highest BCUT2D eigenvalue weighted by molar-refractivity contribution is 9.11. The maximum atomic E-state index is 9.89. The largest absolute Gasteiger partial charge is 0.390 e. The minimum Gasteiger partial charge on any atom is -0.390 e. The van der Waals surface area contributed by atoms with E-state index in [1.165, 1.54) is 38.5 Å². The van der Waals surface area contributed by atoms with Crippen molar-refractivity contribution >= 4 is 15.9 Å². The van der Waals surface area contributed by atoms with Crippen molar-refractivity contribution in [1.82, 2.24) is 0 Å². The monoisotopic (exact) mass is 356 g/mol. The van der Waals surface area contributed by atoms with Crippen molar-refractivity contribution in [2.24, 2.45) is 23.2 Å². The van der Waals surface area contributed by atoms with Crippen LogP contribution in [0.4, 0.5) is 0 Å². The lowest BCUT2D eigenvalue weighted by Gasteiger charge is -2.44. The quantitative estimate of drug-likeness (QED) is 0.634. The van der Waals surface area contributed by atoms with Gasteiger partial charge in [0, 0.05) is 0 Å². The number of hydrogen-bond acceptors (Lipinski definition) is 1. The summed E-state index contributed by atoms with van der Waals surface area (Å²) in [6, 6.07) is 0. The second-order valence-electron chi connectivity index (χ2n) is 8.46. The van der Waals surface area contributed by atoms with Crippen molar-refractivity contribution in [1.29, 1.82) is 0 Å². The summed E-state index contributed by atoms with van der Waals surface area (Å²) in [6.07, 6.45) is 10.2. The summed E-state index contributed by atoms with van der Waals surface area (Å²) < 4.78 is 0. The van der Waals surface area contributed by atoms with Gasteiger partial charge in [0.15, 0.2) is 0 Å². The number of fused-ring (bicyclic) bond motifs is 1. The van der Waals surface area contributed by atoms with Crippen LogP contribution in [0.5, 0.6) is 0 Å². The number of hydrogen-bond donors (Lipinski definition) is 1. The van der Waals surface area contributed by atoms with Gasteiger partial charge < -0.3 is 5.11 Å². The predicted octanol–water partition coefficient (Wildman–Crippen LogP) is 6.06. The molecule has 21 heavy (non-hydrogen) atoms. The Labute approximate surface area is 139 Å². The fraction of sp³-hybridized carbons (Fsp3) is 0.895. The molecule has 0 amide bonds. The summed E-state index contributed by atoms with van der Waals surface area (Å²) in [5.74, 6) is 2.47. The molecular weight excluding hydrogens is 324 g/mol. The maximum absolute atomic E-state index is 9.89. The molecule has 1 N–H and O–H groups in total. The minimum absolute atomic E-state index is 0.501. The molecule has 0 heterocycles. The van der Waals surface area contributed by atoms with E-state index in [-0.39, 0.29) is 0 Å². The molecule has 2 rings (SSSR count). The Balaban J connectivity index is 1.97. The van der Waals surface area contributed by atoms with Crippen LogP contribution in [0.25, 0.3) is 0 Å². The first kappa shape index (κ1) is 17.5. The fourth-order valence-corrected chi connectivity index (χ4v) is 5.75. The first-order valence-corrected chi connectivity index (χ1v) is 9.71. The topological polar surface area (TPSA) is 20.2 Å². The number of halogens is 1. The second-order valence-corrected chi connectivity index (χ2v) is 8.92. The molecule has 0 bridgehead atoms. The Bertz CT molecular complexity index is 382. The summed E-state index contributed by atoms with van der Waals surface area (Å²) in [4.78, 5) is 2.22. The lowest BCUT2D eigenvalue weighted by Crippen LogP contribution is -2.36. The van der Waals surface area contributed by atoms with Crippen LogP contribution in [0.15, 0.2) is 10.6 Å².